The van der Waals surface area contributed by atoms with Crippen molar-refractivity contribution in [2.24, 2.45) is 0 Å². The van der Waals surface area contributed by atoms with E-state index in [-0.39, 0.29) is 5.91 Å². The third kappa shape index (κ3) is 3.72. The average molecular weight is 337 g/mol. The Balaban J connectivity index is 1.86. The van der Waals surface area contributed by atoms with Gasteiger partial charge in [-0.1, -0.05) is 12.1 Å². The van der Waals surface area contributed by atoms with Crippen LogP contribution >= 0.6 is 0 Å². The monoisotopic (exact) mass is 337 g/mol. The number of fused-ring (bicyclic) bond motifs is 1. The van der Waals surface area contributed by atoms with Gasteiger partial charge in [-0.2, -0.15) is 0 Å². The second kappa shape index (κ2) is 6.69. The first kappa shape index (κ1) is 17.2. The maximum absolute atomic E-state index is 12.7. The minimum Gasteiger partial charge on any atom is -0.389 e. The van der Waals surface area contributed by atoms with Crippen molar-refractivity contribution < 1.29 is 9.90 Å². The maximum atomic E-state index is 12.7. The Hall–Kier alpha value is -2.66. The van der Waals surface area contributed by atoms with Crippen molar-refractivity contribution in [1.29, 1.82) is 0 Å². The lowest BCUT2D eigenvalue weighted by Crippen LogP contribution is -2.42. The van der Waals surface area contributed by atoms with Crippen molar-refractivity contribution in [2.45, 2.75) is 26.4 Å². The van der Waals surface area contributed by atoms with Gasteiger partial charge in [0.15, 0.2) is 0 Å². The standard InChI is InChI=1S/C20H23N3O2/c1-4-22(13-20(2,3)25)19(24)15-9-11-16(12-10-15)23-14-21-17-7-5-6-8-18(17)23/h5-12,14,25H,4,13H2,1-3H3. The average Bonchev–Trinajstić information content (AvgIpc) is 3.02. The van der Waals surface area contributed by atoms with E-state index in [0.717, 1.165) is 16.7 Å². The summed E-state index contributed by atoms with van der Waals surface area (Å²) in [5, 5.41) is 9.98. The van der Waals surface area contributed by atoms with E-state index >= 15 is 0 Å². The van der Waals surface area contributed by atoms with Gasteiger partial charge in [-0.25, -0.2) is 4.98 Å². The van der Waals surface area contributed by atoms with Gasteiger partial charge in [0.25, 0.3) is 5.91 Å². The molecule has 5 heteroatoms. The number of carbonyl (C=O) groups excluding carboxylic acids is 1. The van der Waals surface area contributed by atoms with Crippen LogP contribution in [0.15, 0.2) is 54.9 Å². The molecule has 0 unspecified atom stereocenters. The van der Waals surface area contributed by atoms with E-state index in [1.807, 2.05) is 60.0 Å². The molecule has 3 rings (SSSR count). The zero-order valence-corrected chi connectivity index (χ0v) is 14.8. The summed E-state index contributed by atoms with van der Waals surface area (Å²) in [6, 6.07) is 15.4. The molecule has 2 aromatic carbocycles. The highest BCUT2D eigenvalue weighted by atomic mass is 16.3. The summed E-state index contributed by atoms with van der Waals surface area (Å²) in [4.78, 5) is 18.7. The lowest BCUT2D eigenvalue weighted by molar-refractivity contribution is 0.0314. The molecule has 0 atom stereocenters. The summed E-state index contributed by atoms with van der Waals surface area (Å²) < 4.78 is 2.00. The van der Waals surface area contributed by atoms with Crippen LogP contribution in [0.3, 0.4) is 0 Å². The molecule has 0 fully saturated rings. The fraction of sp³-hybridized carbons (Fsp3) is 0.300. The summed E-state index contributed by atoms with van der Waals surface area (Å²) >= 11 is 0. The minimum atomic E-state index is -0.915. The van der Waals surface area contributed by atoms with E-state index < -0.39 is 5.60 Å². The molecule has 1 heterocycles. The van der Waals surface area contributed by atoms with Gasteiger partial charge in [-0.3, -0.25) is 9.36 Å². The summed E-state index contributed by atoms with van der Waals surface area (Å²) in [7, 11) is 0. The Bertz CT molecular complexity index is 876. The molecule has 0 radical (unpaired) electrons. The summed E-state index contributed by atoms with van der Waals surface area (Å²) in [6.07, 6.45) is 1.79. The second-order valence-electron chi connectivity index (χ2n) is 6.78. The topological polar surface area (TPSA) is 58.4 Å². The molecule has 0 saturated heterocycles. The van der Waals surface area contributed by atoms with Crippen molar-refractivity contribution >= 4 is 16.9 Å². The molecular weight excluding hydrogens is 314 g/mol. The molecule has 130 valence electrons. The van der Waals surface area contributed by atoms with Gasteiger partial charge in [-0.15, -0.1) is 0 Å². The third-order valence-electron chi connectivity index (χ3n) is 4.09. The second-order valence-corrected chi connectivity index (χ2v) is 6.78. The number of hydrogen-bond donors (Lipinski definition) is 1. The Morgan fingerprint density at radius 3 is 2.48 bits per heavy atom. The number of aliphatic hydroxyl groups is 1. The van der Waals surface area contributed by atoms with E-state index in [0.29, 0.717) is 18.7 Å². The van der Waals surface area contributed by atoms with E-state index in [9.17, 15) is 9.90 Å². The van der Waals surface area contributed by atoms with Crippen molar-refractivity contribution in [3.05, 3.63) is 60.4 Å². The maximum Gasteiger partial charge on any atom is 0.253 e. The Morgan fingerprint density at radius 2 is 1.84 bits per heavy atom. The molecule has 25 heavy (non-hydrogen) atoms. The number of imidazole rings is 1. The number of benzene rings is 2. The Morgan fingerprint density at radius 1 is 1.16 bits per heavy atom. The number of aromatic nitrogens is 2. The molecular formula is C20H23N3O2. The van der Waals surface area contributed by atoms with Gasteiger partial charge in [0.05, 0.1) is 16.6 Å². The predicted octanol–water partition coefficient (Wildman–Crippen LogP) is 3.26. The van der Waals surface area contributed by atoms with Crippen LogP contribution in [-0.2, 0) is 0 Å². The first-order valence-corrected chi connectivity index (χ1v) is 8.43. The number of nitrogens with zero attached hydrogens (tertiary/aromatic N) is 3. The fourth-order valence-electron chi connectivity index (χ4n) is 2.91. The van der Waals surface area contributed by atoms with Crippen molar-refractivity contribution in [1.82, 2.24) is 14.5 Å². The molecule has 0 aliphatic carbocycles. The number of amides is 1. The lowest BCUT2D eigenvalue weighted by Gasteiger charge is -2.28. The molecule has 0 aliphatic heterocycles. The van der Waals surface area contributed by atoms with Gasteiger partial charge in [0, 0.05) is 24.3 Å². The van der Waals surface area contributed by atoms with Crippen LogP contribution in [0.25, 0.3) is 16.7 Å². The first-order chi connectivity index (χ1) is 11.9. The molecule has 0 saturated carbocycles. The molecule has 1 N–H and O–H groups in total. The number of hydrogen-bond acceptors (Lipinski definition) is 3. The van der Waals surface area contributed by atoms with Gasteiger partial charge >= 0.3 is 0 Å². The highest BCUT2D eigenvalue weighted by Gasteiger charge is 2.22. The molecule has 1 aromatic heterocycles. The third-order valence-corrected chi connectivity index (χ3v) is 4.09. The SMILES string of the molecule is CCN(CC(C)(C)O)C(=O)c1ccc(-n2cnc3ccccc32)cc1. The van der Waals surface area contributed by atoms with Crippen molar-refractivity contribution in [3.8, 4) is 5.69 Å². The number of carbonyl (C=O) groups is 1. The highest BCUT2D eigenvalue weighted by molar-refractivity contribution is 5.94. The number of rotatable bonds is 5. The molecule has 3 aromatic rings. The van der Waals surface area contributed by atoms with E-state index in [1.54, 1.807) is 25.1 Å². The van der Waals surface area contributed by atoms with Gasteiger partial charge in [0.2, 0.25) is 0 Å². The lowest BCUT2D eigenvalue weighted by atomic mass is 10.1. The van der Waals surface area contributed by atoms with Crippen LogP contribution in [-0.4, -0.2) is 44.2 Å². The molecule has 0 spiro atoms. The zero-order chi connectivity index (χ0) is 18.0. The normalized spacial score (nSPS) is 11.7. The quantitative estimate of drug-likeness (QED) is 0.777. The summed E-state index contributed by atoms with van der Waals surface area (Å²) in [6.45, 7) is 6.18. The molecule has 0 bridgehead atoms. The van der Waals surface area contributed by atoms with Crippen LogP contribution in [0.5, 0.6) is 0 Å². The van der Waals surface area contributed by atoms with Crippen LogP contribution in [0.1, 0.15) is 31.1 Å². The van der Waals surface area contributed by atoms with Gasteiger partial charge in [0.1, 0.15) is 6.33 Å². The summed E-state index contributed by atoms with van der Waals surface area (Å²) in [5.74, 6) is -0.0772. The van der Waals surface area contributed by atoms with Crippen LogP contribution in [0.2, 0.25) is 0 Å². The largest absolute Gasteiger partial charge is 0.389 e. The van der Waals surface area contributed by atoms with Crippen molar-refractivity contribution in [2.75, 3.05) is 13.1 Å². The number of likely N-dealkylation sites (N-methyl/N-ethyl adjacent to an activating group) is 1. The van der Waals surface area contributed by atoms with Crippen molar-refractivity contribution in [3.63, 3.8) is 0 Å². The minimum absolute atomic E-state index is 0.0772. The van der Waals surface area contributed by atoms with E-state index in [4.69, 9.17) is 0 Å². The predicted molar refractivity (Wildman–Crippen MR) is 98.9 cm³/mol. The van der Waals surface area contributed by atoms with Crippen LogP contribution in [0, 0.1) is 0 Å². The van der Waals surface area contributed by atoms with Crippen LogP contribution < -0.4 is 0 Å². The van der Waals surface area contributed by atoms with E-state index in [1.165, 1.54) is 0 Å². The molecule has 1 amide bonds. The number of para-hydroxylation sites is 2. The smallest absolute Gasteiger partial charge is 0.253 e. The van der Waals surface area contributed by atoms with Gasteiger partial charge in [-0.05, 0) is 57.2 Å². The van der Waals surface area contributed by atoms with E-state index in [2.05, 4.69) is 4.98 Å². The summed E-state index contributed by atoms with van der Waals surface area (Å²) in [5.41, 5.74) is 2.61. The molecule has 0 aliphatic rings. The van der Waals surface area contributed by atoms with Gasteiger partial charge < -0.3 is 10.0 Å². The Kier molecular flexibility index (Phi) is 4.59. The van der Waals surface area contributed by atoms with Crippen LogP contribution in [0.4, 0.5) is 0 Å². The zero-order valence-electron chi connectivity index (χ0n) is 14.8. The Labute approximate surface area is 147 Å². The molecule has 5 nitrogen and oxygen atoms in total. The fourth-order valence-corrected chi connectivity index (χ4v) is 2.91. The highest BCUT2D eigenvalue weighted by Crippen LogP contribution is 2.19. The first-order valence-electron chi connectivity index (χ1n) is 8.43.